The number of nitrogens with one attached hydrogen (secondary N) is 1. The third-order valence-electron chi connectivity index (χ3n) is 4.80. The molecule has 2 fully saturated rings. The molecule has 2 aliphatic rings. The molecule has 0 aromatic carbocycles. The number of hydrogen-bond donors (Lipinski definition) is 3. The summed E-state index contributed by atoms with van der Waals surface area (Å²) in [5, 5.41) is 12.3. The van der Waals surface area contributed by atoms with Gasteiger partial charge >= 0.3 is 5.97 Å². The Hall–Kier alpha value is -1.14. The van der Waals surface area contributed by atoms with Crippen LogP contribution in [-0.2, 0) is 14.3 Å². The van der Waals surface area contributed by atoms with Crippen LogP contribution in [0.15, 0.2) is 0 Å². The van der Waals surface area contributed by atoms with Crippen molar-refractivity contribution in [3.8, 4) is 0 Å². The number of carboxylic acid groups (broad SMARTS) is 1. The van der Waals surface area contributed by atoms with Crippen LogP contribution < -0.4 is 11.1 Å². The zero-order valence-electron chi connectivity index (χ0n) is 12.1. The first-order valence-electron chi connectivity index (χ1n) is 7.19. The van der Waals surface area contributed by atoms with E-state index in [9.17, 15) is 14.7 Å². The second-order valence-electron chi connectivity index (χ2n) is 6.58. The minimum atomic E-state index is -1.15. The van der Waals surface area contributed by atoms with E-state index in [1.54, 1.807) is 6.92 Å². The fourth-order valence-corrected chi connectivity index (χ4v) is 3.20. The molecule has 0 radical (unpaired) electrons. The van der Waals surface area contributed by atoms with Crippen molar-refractivity contribution in [2.24, 2.45) is 17.1 Å². The Bertz CT molecular complexity index is 414. The standard InChI is InChI=1S/C14H24N2O4/c1-9-4-3-5-14(6-9,12(18)19)16-11(17)13(2)8-20-7-10(13)15/h9-10H,3-8,15H2,1-2H3,(H,16,17)(H,18,19). The van der Waals surface area contributed by atoms with E-state index in [1.165, 1.54) is 0 Å². The molecule has 1 heterocycles. The lowest BCUT2D eigenvalue weighted by molar-refractivity contribution is -0.152. The van der Waals surface area contributed by atoms with Crippen molar-refractivity contribution >= 4 is 11.9 Å². The van der Waals surface area contributed by atoms with Crippen LogP contribution in [0.25, 0.3) is 0 Å². The van der Waals surface area contributed by atoms with Crippen LogP contribution in [0.2, 0.25) is 0 Å². The van der Waals surface area contributed by atoms with Crippen LogP contribution in [0, 0.1) is 11.3 Å². The highest BCUT2D eigenvalue weighted by Crippen LogP contribution is 2.35. The van der Waals surface area contributed by atoms with Gasteiger partial charge in [0.05, 0.1) is 18.6 Å². The summed E-state index contributed by atoms with van der Waals surface area (Å²) in [6, 6.07) is -0.394. The molecule has 1 aliphatic heterocycles. The van der Waals surface area contributed by atoms with Crippen LogP contribution in [0.5, 0.6) is 0 Å². The van der Waals surface area contributed by atoms with Gasteiger partial charge in [-0.25, -0.2) is 4.79 Å². The normalized spacial score (nSPS) is 41.4. The molecule has 0 aromatic heterocycles. The molecule has 4 unspecified atom stereocenters. The van der Waals surface area contributed by atoms with E-state index >= 15 is 0 Å². The molecule has 1 amide bonds. The second kappa shape index (κ2) is 5.33. The molecule has 1 aliphatic carbocycles. The summed E-state index contributed by atoms with van der Waals surface area (Å²) >= 11 is 0. The number of ether oxygens (including phenoxy) is 1. The average Bonchev–Trinajstić information content (AvgIpc) is 2.70. The first-order chi connectivity index (χ1) is 9.30. The average molecular weight is 284 g/mol. The fraction of sp³-hybridized carbons (Fsp3) is 0.857. The molecule has 0 spiro atoms. The summed E-state index contributed by atoms with van der Waals surface area (Å²) in [5.74, 6) is -0.964. The molecule has 114 valence electrons. The highest BCUT2D eigenvalue weighted by molar-refractivity contribution is 5.90. The highest BCUT2D eigenvalue weighted by atomic mass is 16.5. The van der Waals surface area contributed by atoms with E-state index in [0.717, 1.165) is 12.8 Å². The predicted molar refractivity (Wildman–Crippen MR) is 73.0 cm³/mol. The van der Waals surface area contributed by atoms with Gasteiger partial charge in [0.15, 0.2) is 0 Å². The van der Waals surface area contributed by atoms with Crippen molar-refractivity contribution in [3.63, 3.8) is 0 Å². The largest absolute Gasteiger partial charge is 0.480 e. The van der Waals surface area contributed by atoms with E-state index in [1.807, 2.05) is 6.92 Å². The lowest BCUT2D eigenvalue weighted by atomic mass is 9.75. The fourth-order valence-electron chi connectivity index (χ4n) is 3.20. The Morgan fingerprint density at radius 1 is 1.45 bits per heavy atom. The zero-order valence-corrected chi connectivity index (χ0v) is 12.1. The number of nitrogens with two attached hydrogens (primary N) is 1. The van der Waals surface area contributed by atoms with Gasteiger partial charge in [-0.2, -0.15) is 0 Å². The monoisotopic (exact) mass is 284 g/mol. The van der Waals surface area contributed by atoms with Gasteiger partial charge in [0.1, 0.15) is 5.54 Å². The van der Waals surface area contributed by atoms with E-state index in [2.05, 4.69) is 5.32 Å². The van der Waals surface area contributed by atoms with Gasteiger partial charge in [0, 0.05) is 6.04 Å². The molecule has 1 saturated heterocycles. The second-order valence-corrected chi connectivity index (χ2v) is 6.58. The molecule has 6 heteroatoms. The highest BCUT2D eigenvalue weighted by Gasteiger charge is 2.50. The Morgan fingerprint density at radius 2 is 2.15 bits per heavy atom. The lowest BCUT2D eigenvalue weighted by Crippen LogP contribution is -2.62. The Kier molecular flexibility index (Phi) is 4.07. The molecule has 4 atom stereocenters. The SMILES string of the molecule is CC1CCCC(NC(=O)C2(C)COCC2N)(C(=O)O)C1. The summed E-state index contributed by atoms with van der Waals surface area (Å²) in [4.78, 5) is 24.2. The molecular weight excluding hydrogens is 260 g/mol. The van der Waals surface area contributed by atoms with E-state index in [4.69, 9.17) is 10.5 Å². The van der Waals surface area contributed by atoms with Crippen LogP contribution in [0.3, 0.4) is 0 Å². The van der Waals surface area contributed by atoms with Gasteiger partial charge in [-0.1, -0.05) is 19.8 Å². The summed E-state index contributed by atoms with van der Waals surface area (Å²) in [5.41, 5.74) is 3.94. The molecular formula is C14H24N2O4. The number of aliphatic carboxylic acids is 1. The number of carbonyl (C=O) groups is 2. The maximum Gasteiger partial charge on any atom is 0.329 e. The van der Waals surface area contributed by atoms with E-state index in [0.29, 0.717) is 25.4 Å². The summed E-state index contributed by atoms with van der Waals surface area (Å²) in [6.45, 7) is 4.34. The van der Waals surface area contributed by atoms with Gasteiger partial charge in [0.25, 0.3) is 0 Å². The third-order valence-corrected chi connectivity index (χ3v) is 4.80. The predicted octanol–water partition coefficient (Wildman–Crippen LogP) is 0.500. The van der Waals surface area contributed by atoms with Gasteiger partial charge in [-0.05, 0) is 25.7 Å². The van der Waals surface area contributed by atoms with Crippen LogP contribution in [-0.4, -0.2) is 41.8 Å². The Labute approximate surface area is 119 Å². The van der Waals surface area contributed by atoms with Gasteiger partial charge in [0.2, 0.25) is 5.91 Å². The molecule has 6 nitrogen and oxygen atoms in total. The molecule has 4 N–H and O–H groups in total. The first-order valence-corrected chi connectivity index (χ1v) is 7.19. The van der Waals surface area contributed by atoms with Crippen LogP contribution in [0.1, 0.15) is 39.5 Å². The Balaban J connectivity index is 2.16. The number of carbonyl (C=O) groups excluding carboxylic acids is 1. The summed E-state index contributed by atoms with van der Waals surface area (Å²) in [7, 11) is 0. The molecule has 1 saturated carbocycles. The number of hydrogen-bond acceptors (Lipinski definition) is 4. The van der Waals surface area contributed by atoms with E-state index in [-0.39, 0.29) is 12.5 Å². The topological polar surface area (TPSA) is 102 Å². The Morgan fingerprint density at radius 3 is 2.65 bits per heavy atom. The van der Waals surface area contributed by atoms with Crippen LogP contribution in [0.4, 0.5) is 0 Å². The molecule has 0 bridgehead atoms. The lowest BCUT2D eigenvalue weighted by Gasteiger charge is -2.39. The quantitative estimate of drug-likeness (QED) is 0.700. The van der Waals surface area contributed by atoms with Gasteiger partial charge < -0.3 is 20.9 Å². The van der Waals surface area contributed by atoms with Crippen molar-refractivity contribution in [3.05, 3.63) is 0 Å². The number of carboxylic acids is 1. The number of rotatable bonds is 3. The minimum absolute atomic E-state index is 0.241. The van der Waals surface area contributed by atoms with Crippen LogP contribution >= 0.6 is 0 Å². The molecule has 20 heavy (non-hydrogen) atoms. The summed E-state index contributed by atoms with van der Waals surface area (Å²) < 4.78 is 5.26. The third kappa shape index (κ3) is 2.54. The maximum absolute atomic E-state index is 12.5. The smallest absolute Gasteiger partial charge is 0.329 e. The number of amides is 1. The summed E-state index contributed by atoms with van der Waals surface area (Å²) in [6.07, 6.45) is 2.77. The van der Waals surface area contributed by atoms with Crippen molar-refractivity contribution in [2.75, 3.05) is 13.2 Å². The zero-order chi connectivity index (χ0) is 15.0. The van der Waals surface area contributed by atoms with Gasteiger partial charge in [-0.3, -0.25) is 4.79 Å². The van der Waals surface area contributed by atoms with Crippen molar-refractivity contribution in [2.45, 2.75) is 51.1 Å². The van der Waals surface area contributed by atoms with E-state index < -0.39 is 23.0 Å². The first kappa shape index (κ1) is 15.3. The van der Waals surface area contributed by atoms with Crippen molar-refractivity contribution in [1.82, 2.24) is 5.32 Å². The minimum Gasteiger partial charge on any atom is -0.480 e. The van der Waals surface area contributed by atoms with Crippen molar-refractivity contribution in [1.29, 1.82) is 0 Å². The van der Waals surface area contributed by atoms with Gasteiger partial charge in [-0.15, -0.1) is 0 Å². The molecule has 0 aromatic rings. The molecule has 2 rings (SSSR count). The van der Waals surface area contributed by atoms with Crippen molar-refractivity contribution < 1.29 is 19.4 Å². The maximum atomic E-state index is 12.5.